The fourth-order valence-corrected chi connectivity index (χ4v) is 2.25. The molecular formula is C17H17BrN2O3. The van der Waals surface area contributed by atoms with Gasteiger partial charge in [0.05, 0.1) is 12.2 Å². The summed E-state index contributed by atoms with van der Waals surface area (Å²) in [5, 5.41) is 5.45. The van der Waals surface area contributed by atoms with Crippen LogP contribution in [-0.4, -0.2) is 18.6 Å². The van der Waals surface area contributed by atoms with E-state index in [2.05, 4.69) is 26.6 Å². The fraction of sp³-hybridized carbons (Fsp3) is 0.176. The Morgan fingerprint density at radius 2 is 1.65 bits per heavy atom. The predicted molar refractivity (Wildman–Crippen MR) is 93.9 cm³/mol. The van der Waals surface area contributed by atoms with Crippen LogP contribution in [0, 0.1) is 6.92 Å². The third-order valence-corrected chi connectivity index (χ3v) is 3.94. The molecule has 0 atom stereocenters. The Morgan fingerprint density at radius 1 is 1.04 bits per heavy atom. The number of rotatable bonds is 4. The molecule has 6 heteroatoms. The largest absolute Gasteiger partial charge is 0.462 e. The molecule has 0 aliphatic heterocycles. The van der Waals surface area contributed by atoms with Crippen molar-refractivity contribution in [2.45, 2.75) is 13.8 Å². The number of aryl methyl sites for hydroxylation is 1. The highest BCUT2D eigenvalue weighted by Crippen LogP contribution is 2.21. The smallest absolute Gasteiger partial charge is 0.338 e. The first-order valence-corrected chi connectivity index (χ1v) is 7.90. The van der Waals surface area contributed by atoms with Crippen LogP contribution in [0.25, 0.3) is 0 Å². The molecule has 2 rings (SSSR count). The van der Waals surface area contributed by atoms with Crippen molar-refractivity contribution in [1.29, 1.82) is 0 Å². The average molecular weight is 377 g/mol. The Hall–Kier alpha value is -2.34. The molecule has 2 amide bonds. The molecule has 120 valence electrons. The molecule has 0 aliphatic carbocycles. The third kappa shape index (κ3) is 4.82. The zero-order valence-corrected chi connectivity index (χ0v) is 14.4. The number of halogens is 1. The number of nitrogens with one attached hydrogen (secondary N) is 2. The number of hydrogen-bond donors (Lipinski definition) is 2. The molecule has 2 N–H and O–H groups in total. The summed E-state index contributed by atoms with van der Waals surface area (Å²) in [5.74, 6) is -0.381. The second-order valence-electron chi connectivity index (χ2n) is 4.84. The zero-order chi connectivity index (χ0) is 16.8. The molecule has 0 aromatic heterocycles. The monoisotopic (exact) mass is 376 g/mol. The van der Waals surface area contributed by atoms with Crippen LogP contribution in [0.2, 0.25) is 0 Å². The van der Waals surface area contributed by atoms with E-state index < -0.39 is 0 Å². The minimum Gasteiger partial charge on any atom is -0.462 e. The number of hydrogen-bond acceptors (Lipinski definition) is 3. The first-order chi connectivity index (χ1) is 11.0. The molecule has 0 saturated heterocycles. The van der Waals surface area contributed by atoms with Gasteiger partial charge in [-0.1, -0.05) is 22.0 Å². The van der Waals surface area contributed by atoms with Crippen molar-refractivity contribution in [2.75, 3.05) is 17.2 Å². The van der Waals surface area contributed by atoms with Gasteiger partial charge < -0.3 is 15.4 Å². The third-order valence-electron chi connectivity index (χ3n) is 3.08. The van der Waals surface area contributed by atoms with Gasteiger partial charge in [0.25, 0.3) is 0 Å². The normalized spacial score (nSPS) is 10.0. The van der Waals surface area contributed by atoms with Crippen molar-refractivity contribution in [3.8, 4) is 0 Å². The van der Waals surface area contributed by atoms with Crippen LogP contribution in [0.5, 0.6) is 0 Å². The summed E-state index contributed by atoms with van der Waals surface area (Å²) in [4.78, 5) is 23.5. The van der Waals surface area contributed by atoms with Crippen LogP contribution in [0.1, 0.15) is 22.8 Å². The molecule has 0 aliphatic rings. The average Bonchev–Trinajstić information content (AvgIpc) is 2.52. The summed E-state index contributed by atoms with van der Waals surface area (Å²) in [6.45, 7) is 4.05. The number of anilines is 2. The van der Waals surface area contributed by atoms with Gasteiger partial charge in [-0.15, -0.1) is 0 Å². The van der Waals surface area contributed by atoms with E-state index in [9.17, 15) is 9.59 Å². The lowest BCUT2D eigenvalue weighted by Gasteiger charge is -2.09. The maximum Gasteiger partial charge on any atom is 0.338 e. The Bertz CT molecular complexity index is 714. The van der Waals surface area contributed by atoms with E-state index in [1.54, 1.807) is 31.2 Å². The van der Waals surface area contributed by atoms with Crippen LogP contribution >= 0.6 is 15.9 Å². The highest BCUT2D eigenvalue weighted by Gasteiger charge is 2.07. The highest BCUT2D eigenvalue weighted by molar-refractivity contribution is 9.10. The first-order valence-electron chi connectivity index (χ1n) is 7.11. The van der Waals surface area contributed by atoms with Gasteiger partial charge in [0.1, 0.15) is 0 Å². The van der Waals surface area contributed by atoms with Gasteiger partial charge in [0.15, 0.2) is 0 Å². The van der Waals surface area contributed by atoms with E-state index in [-0.39, 0.29) is 12.0 Å². The van der Waals surface area contributed by atoms with Gasteiger partial charge in [-0.25, -0.2) is 9.59 Å². The maximum atomic E-state index is 12.0. The zero-order valence-electron chi connectivity index (χ0n) is 12.9. The Labute approximate surface area is 143 Å². The van der Waals surface area contributed by atoms with E-state index in [4.69, 9.17) is 4.74 Å². The number of ether oxygens (including phenoxy) is 1. The lowest BCUT2D eigenvalue weighted by Crippen LogP contribution is -2.19. The Balaban J connectivity index is 1.97. The first kappa shape index (κ1) is 17.0. The summed E-state index contributed by atoms with van der Waals surface area (Å²) in [6.07, 6.45) is 0. The summed E-state index contributed by atoms with van der Waals surface area (Å²) >= 11 is 3.42. The molecule has 2 aromatic carbocycles. The van der Waals surface area contributed by atoms with Crippen LogP contribution in [0.4, 0.5) is 16.2 Å². The number of carbonyl (C=O) groups excluding carboxylic acids is 2. The second-order valence-corrected chi connectivity index (χ2v) is 5.70. The maximum absolute atomic E-state index is 12.0. The number of carbonyl (C=O) groups is 2. The van der Waals surface area contributed by atoms with Gasteiger partial charge >= 0.3 is 12.0 Å². The SMILES string of the molecule is CCOC(=O)c1ccc(NC(=O)Nc2ccc(C)c(Br)c2)cc1. The van der Waals surface area contributed by atoms with E-state index in [0.717, 1.165) is 10.0 Å². The van der Waals surface area contributed by atoms with Crippen LogP contribution in [0.15, 0.2) is 46.9 Å². The molecule has 5 nitrogen and oxygen atoms in total. The number of amides is 2. The summed E-state index contributed by atoms with van der Waals surface area (Å²) in [6, 6.07) is 11.7. The molecule has 0 bridgehead atoms. The number of urea groups is 1. The van der Waals surface area contributed by atoms with Crippen molar-refractivity contribution in [2.24, 2.45) is 0 Å². The number of benzene rings is 2. The molecular weight excluding hydrogens is 360 g/mol. The second kappa shape index (κ2) is 7.78. The lowest BCUT2D eigenvalue weighted by molar-refractivity contribution is 0.0526. The number of esters is 1. The van der Waals surface area contributed by atoms with E-state index in [1.165, 1.54) is 0 Å². The summed E-state index contributed by atoms with van der Waals surface area (Å²) in [7, 11) is 0. The van der Waals surface area contributed by atoms with Crippen molar-refractivity contribution in [1.82, 2.24) is 0 Å². The molecule has 2 aromatic rings. The molecule has 0 saturated carbocycles. The standard InChI is InChI=1S/C17H17BrN2O3/c1-3-23-16(21)12-5-8-13(9-6-12)19-17(22)20-14-7-4-11(2)15(18)10-14/h4-10H,3H2,1-2H3,(H2,19,20,22). The van der Waals surface area contributed by atoms with Gasteiger partial charge in [-0.2, -0.15) is 0 Å². The Kier molecular flexibility index (Phi) is 5.76. The molecule has 0 spiro atoms. The predicted octanol–water partition coefficient (Wildman–Crippen LogP) is 4.58. The Morgan fingerprint density at radius 3 is 2.26 bits per heavy atom. The molecule has 0 fully saturated rings. The summed E-state index contributed by atoms with van der Waals surface area (Å²) < 4.78 is 5.83. The van der Waals surface area contributed by atoms with Gasteiger partial charge in [0, 0.05) is 15.8 Å². The minimum atomic E-state index is -0.381. The quantitative estimate of drug-likeness (QED) is 0.767. The topological polar surface area (TPSA) is 67.4 Å². The van der Waals surface area contributed by atoms with Crippen molar-refractivity contribution >= 4 is 39.3 Å². The van der Waals surface area contributed by atoms with Gasteiger partial charge in [-0.05, 0) is 55.8 Å². The van der Waals surface area contributed by atoms with E-state index in [0.29, 0.717) is 23.5 Å². The van der Waals surface area contributed by atoms with Crippen LogP contribution < -0.4 is 10.6 Å². The van der Waals surface area contributed by atoms with Crippen molar-refractivity contribution < 1.29 is 14.3 Å². The molecule has 0 radical (unpaired) electrons. The molecule has 23 heavy (non-hydrogen) atoms. The molecule has 0 heterocycles. The lowest BCUT2D eigenvalue weighted by atomic mass is 10.2. The summed E-state index contributed by atoms with van der Waals surface area (Å²) in [5.41, 5.74) is 2.80. The van der Waals surface area contributed by atoms with Gasteiger partial charge in [-0.3, -0.25) is 0 Å². The highest BCUT2D eigenvalue weighted by atomic mass is 79.9. The minimum absolute atomic E-state index is 0.327. The van der Waals surface area contributed by atoms with Gasteiger partial charge in [0.2, 0.25) is 0 Å². The van der Waals surface area contributed by atoms with E-state index >= 15 is 0 Å². The van der Waals surface area contributed by atoms with E-state index in [1.807, 2.05) is 25.1 Å². The molecule has 0 unspecified atom stereocenters. The van der Waals surface area contributed by atoms with Crippen molar-refractivity contribution in [3.05, 3.63) is 58.1 Å². The fourth-order valence-electron chi connectivity index (χ4n) is 1.87. The van der Waals surface area contributed by atoms with Crippen LogP contribution in [-0.2, 0) is 4.74 Å². The van der Waals surface area contributed by atoms with Crippen molar-refractivity contribution in [3.63, 3.8) is 0 Å². The van der Waals surface area contributed by atoms with Crippen LogP contribution in [0.3, 0.4) is 0 Å².